The number of hydrogen-bond acceptors (Lipinski definition) is 3. The van der Waals surface area contributed by atoms with Gasteiger partial charge in [0.15, 0.2) is 5.16 Å². The molecule has 2 aliphatic carbocycles. The van der Waals surface area contributed by atoms with E-state index in [1.807, 2.05) is 10.8 Å². The zero-order valence-electron chi connectivity index (χ0n) is 15.2. The number of thioether (sulfide) groups is 1. The van der Waals surface area contributed by atoms with Crippen molar-refractivity contribution in [1.29, 1.82) is 0 Å². The highest BCUT2D eigenvalue weighted by atomic mass is 32.2. The van der Waals surface area contributed by atoms with Crippen molar-refractivity contribution in [2.24, 2.45) is 0 Å². The van der Waals surface area contributed by atoms with Gasteiger partial charge in [-0.25, -0.2) is 4.98 Å². The molecule has 0 unspecified atom stereocenters. The van der Waals surface area contributed by atoms with Crippen LogP contribution in [-0.2, 0) is 18.4 Å². The van der Waals surface area contributed by atoms with E-state index in [0.29, 0.717) is 0 Å². The van der Waals surface area contributed by atoms with E-state index in [0.717, 1.165) is 55.1 Å². The third-order valence-electron chi connectivity index (χ3n) is 5.94. The van der Waals surface area contributed by atoms with Crippen LogP contribution in [0.4, 0.5) is 0 Å². The Morgan fingerprint density at radius 2 is 2.00 bits per heavy atom. The molecule has 1 saturated carbocycles. The van der Waals surface area contributed by atoms with Gasteiger partial charge in [0.2, 0.25) is 0 Å². The minimum atomic E-state index is 0.0126. The summed E-state index contributed by atoms with van der Waals surface area (Å²) in [7, 11) is 0. The predicted octanol–water partition coefficient (Wildman–Crippen LogP) is 4.80. The first-order valence-electron chi connectivity index (χ1n) is 9.48. The summed E-state index contributed by atoms with van der Waals surface area (Å²) < 4.78 is 1.95. The van der Waals surface area contributed by atoms with Crippen LogP contribution in [0.15, 0.2) is 34.2 Å². The monoisotopic (exact) mass is 354 g/mol. The van der Waals surface area contributed by atoms with Crippen molar-refractivity contribution in [1.82, 2.24) is 9.55 Å². The fourth-order valence-electron chi connectivity index (χ4n) is 4.71. The summed E-state index contributed by atoms with van der Waals surface area (Å²) in [5.74, 6) is 0. The molecule has 1 aromatic heterocycles. The lowest BCUT2D eigenvalue weighted by Gasteiger charge is -2.36. The van der Waals surface area contributed by atoms with Gasteiger partial charge in [0, 0.05) is 17.5 Å². The maximum atomic E-state index is 13.6. The van der Waals surface area contributed by atoms with Crippen molar-refractivity contribution < 1.29 is 0 Å². The molecule has 4 rings (SSSR count). The van der Waals surface area contributed by atoms with Gasteiger partial charge in [0.05, 0.1) is 11.3 Å². The Balaban J connectivity index is 2.00. The van der Waals surface area contributed by atoms with Crippen LogP contribution in [0.5, 0.6) is 0 Å². The van der Waals surface area contributed by atoms with Crippen LogP contribution in [0.1, 0.15) is 56.6 Å². The number of hydrogen-bond donors (Lipinski definition) is 0. The Morgan fingerprint density at radius 3 is 2.72 bits per heavy atom. The molecule has 2 aromatic rings. The molecule has 2 aliphatic rings. The molecule has 0 amide bonds. The first-order chi connectivity index (χ1) is 12.2. The van der Waals surface area contributed by atoms with Crippen molar-refractivity contribution in [3.8, 4) is 11.3 Å². The maximum Gasteiger partial charge on any atom is 0.258 e. The molecule has 25 heavy (non-hydrogen) atoms. The van der Waals surface area contributed by atoms with Crippen LogP contribution < -0.4 is 5.56 Å². The molecule has 1 aromatic carbocycles. The normalized spacial score (nSPS) is 17.5. The van der Waals surface area contributed by atoms with Gasteiger partial charge in [-0.1, -0.05) is 62.2 Å². The molecule has 1 heterocycles. The largest absolute Gasteiger partial charge is 0.287 e. The maximum absolute atomic E-state index is 13.6. The fraction of sp³-hybridized carbons (Fsp3) is 0.524. The van der Waals surface area contributed by atoms with E-state index >= 15 is 0 Å². The molecule has 1 spiro atoms. The van der Waals surface area contributed by atoms with Gasteiger partial charge in [-0.05, 0) is 37.5 Å². The summed E-state index contributed by atoms with van der Waals surface area (Å²) in [6.07, 6.45) is 9.83. The Hall–Kier alpha value is -1.55. The van der Waals surface area contributed by atoms with E-state index in [4.69, 9.17) is 4.98 Å². The molecule has 0 saturated heterocycles. The van der Waals surface area contributed by atoms with E-state index < -0.39 is 0 Å². The SMILES string of the molecule is CCCCn1c(SC)nc2c(c1=O)C1(CCCC1)Cc1ccccc1-2. The zero-order valence-corrected chi connectivity index (χ0v) is 16.0. The van der Waals surface area contributed by atoms with Gasteiger partial charge in [-0.15, -0.1) is 0 Å². The van der Waals surface area contributed by atoms with Gasteiger partial charge in [-0.3, -0.25) is 9.36 Å². The molecule has 0 bridgehead atoms. The molecule has 0 radical (unpaired) electrons. The van der Waals surface area contributed by atoms with Gasteiger partial charge >= 0.3 is 0 Å². The van der Waals surface area contributed by atoms with E-state index in [9.17, 15) is 4.79 Å². The van der Waals surface area contributed by atoms with Crippen molar-refractivity contribution in [3.05, 3.63) is 45.7 Å². The smallest absolute Gasteiger partial charge is 0.258 e. The second kappa shape index (κ2) is 6.64. The summed E-state index contributed by atoms with van der Waals surface area (Å²) in [4.78, 5) is 18.6. The van der Waals surface area contributed by atoms with Crippen LogP contribution in [0.25, 0.3) is 11.3 Å². The van der Waals surface area contributed by atoms with Crippen LogP contribution >= 0.6 is 11.8 Å². The highest BCUT2D eigenvalue weighted by molar-refractivity contribution is 7.98. The lowest BCUT2D eigenvalue weighted by atomic mass is 9.68. The lowest BCUT2D eigenvalue weighted by molar-refractivity contribution is 0.413. The summed E-state index contributed by atoms with van der Waals surface area (Å²) in [6, 6.07) is 8.55. The van der Waals surface area contributed by atoms with E-state index in [-0.39, 0.29) is 11.0 Å². The van der Waals surface area contributed by atoms with E-state index in [1.54, 1.807) is 11.8 Å². The zero-order chi connectivity index (χ0) is 17.4. The Labute approximate surface area is 153 Å². The van der Waals surface area contributed by atoms with Crippen LogP contribution in [0.2, 0.25) is 0 Å². The number of rotatable bonds is 4. The van der Waals surface area contributed by atoms with E-state index in [2.05, 4.69) is 31.2 Å². The quantitative estimate of drug-likeness (QED) is 0.584. The van der Waals surface area contributed by atoms with E-state index in [1.165, 1.54) is 24.0 Å². The van der Waals surface area contributed by atoms with Gasteiger partial charge in [-0.2, -0.15) is 0 Å². The number of unbranched alkanes of at least 4 members (excludes halogenated alkanes) is 1. The predicted molar refractivity (Wildman–Crippen MR) is 104 cm³/mol. The number of benzene rings is 1. The highest BCUT2D eigenvalue weighted by Crippen LogP contribution is 2.49. The Bertz CT molecular complexity index is 849. The van der Waals surface area contributed by atoms with Crippen LogP contribution in [0, 0.1) is 0 Å². The molecule has 1 fully saturated rings. The summed E-state index contributed by atoms with van der Waals surface area (Å²) in [5, 5.41) is 0.863. The minimum Gasteiger partial charge on any atom is -0.287 e. The molecule has 3 nitrogen and oxygen atoms in total. The van der Waals surface area contributed by atoms with Crippen molar-refractivity contribution in [2.75, 3.05) is 6.26 Å². The third-order valence-corrected chi connectivity index (χ3v) is 6.62. The second-order valence-corrected chi connectivity index (χ2v) is 8.23. The summed E-state index contributed by atoms with van der Waals surface area (Å²) >= 11 is 1.59. The molecule has 0 N–H and O–H groups in total. The second-order valence-electron chi connectivity index (χ2n) is 7.45. The molecule has 4 heteroatoms. The van der Waals surface area contributed by atoms with Crippen molar-refractivity contribution in [3.63, 3.8) is 0 Å². The molecular weight excluding hydrogens is 328 g/mol. The Kier molecular flexibility index (Phi) is 4.48. The number of fused-ring (bicyclic) bond motifs is 4. The van der Waals surface area contributed by atoms with Gasteiger partial charge < -0.3 is 0 Å². The van der Waals surface area contributed by atoms with Crippen LogP contribution in [-0.4, -0.2) is 15.8 Å². The molecule has 0 aliphatic heterocycles. The molecule has 0 atom stereocenters. The van der Waals surface area contributed by atoms with Crippen molar-refractivity contribution >= 4 is 11.8 Å². The number of nitrogens with zero attached hydrogens (tertiary/aromatic N) is 2. The third kappa shape index (κ3) is 2.66. The summed E-state index contributed by atoms with van der Waals surface area (Å²) in [6.45, 7) is 2.95. The molecular formula is C21H26N2OS. The fourth-order valence-corrected chi connectivity index (χ4v) is 5.29. The average molecular weight is 355 g/mol. The molecule has 132 valence electrons. The standard InChI is InChI=1S/C21H26N2OS/c1-3-4-13-23-19(24)17-18(22-20(23)25-2)16-10-6-5-9-15(16)14-21(17)11-7-8-12-21/h5-6,9-10H,3-4,7-8,11-14H2,1-2H3. The van der Waals surface area contributed by atoms with Crippen LogP contribution in [0.3, 0.4) is 0 Å². The first-order valence-corrected chi connectivity index (χ1v) is 10.7. The topological polar surface area (TPSA) is 34.9 Å². The summed E-state index contributed by atoms with van der Waals surface area (Å²) in [5.41, 5.74) is 4.74. The lowest BCUT2D eigenvalue weighted by Crippen LogP contribution is -2.40. The Morgan fingerprint density at radius 1 is 1.24 bits per heavy atom. The van der Waals surface area contributed by atoms with Gasteiger partial charge in [0.25, 0.3) is 5.56 Å². The average Bonchev–Trinajstić information content (AvgIpc) is 3.09. The first kappa shape index (κ1) is 16.9. The highest BCUT2D eigenvalue weighted by Gasteiger charge is 2.44. The number of aromatic nitrogens is 2. The van der Waals surface area contributed by atoms with Gasteiger partial charge in [0.1, 0.15) is 0 Å². The minimum absolute atomic E-state index is 0.0126. The van der Waals surface area contributed by atoms with Crippen molar-refractivity contribution in [2.45, 2.75) is 69.0 Å².